The normalized spacial score (nSPS) is 21.6. The number of rotatable bonds is 4. The van der Waals surface area contributed by atoms with Crippen molar-refractivity contribution in [2.45, 2.75) is 31.7 Å². The Hall–Kier alpha value is -2.24. The number of aromatic hydroxyl groups is 1. The van der Waals surface area contributed by atoms with Crippen LogP contribution in [0.3, 0.4) is 0 Å². The number of phenols is 1. The van der Waals surface area contributed by atoms with Gasteiger partial charge in [0.2, 0.25) is 0 Å². The Morgan fingerprint density at radius 1 is 1.33 bits per heavy atom. The number of ether oxygens (including phenoxy) is 1. The molecule has 1 fully saturated rings. The molecule has 0 radical (unpaired) electrons. The summed E-state index contributed by atoms with van der Waals surface area (Å²) < 4.78 is 4.97. The first-order valence-electron chi connectivity index (χ1n) is 6.92. The number of aliphatic carboxylic acids is 1. The topological polar surface area (TPSA) is 95.9 Å². The van der Waals surface area contributed by atoms with Crippen LogP contribution in [0, 0.1) is 5.92 Å². The van der Waals surface area contributed by atoms with Gasteiger partial charge in [-0.1, -0.05) is 12.5 Å². The van der Waals surface area contributed by atoms with Crippen molar-refractivity contribution in [3.8, 4) is 11.5 Å². The van der Waals surface area contributed by atoms with E-state index in [1.165, 1.54) is 13.2 Å². The summed E-state index contributed by atoms with van der Waals surface area (Å²) in [4.78, 5) is 23.2. The number of hydrogen-bond acceptors (Lipinski definition) is 4. The SMILES string of the molecule is COc1cccc(C(=O)NC2CCCC(C(=O)O)C2)c1O. The summed E-state index contributed by atoms with van der Waals surface area (Å²) in [5.74, 6) is -1.62. The molecule has 0 saturated heterocycles. The maximum Gasteiger partial charge on any atom is 0.306 e. The first kappa shape index (κ1) is 15.2. The molecule has 0 bridgehead atoms. The molecular formula is C15H19NO5. The third kappa shape index (κ3) is 3.45. The van der Waals surface area contributed by atoms with Gasteiger partial charge in [-0.05, 0) is 31.4 Å². The van der Waals surface area contributed by atoms with E-state index in [1.807, 2.05) is 0 Å². The number of carbonyl (C=O) groups is 2. The van der Waals surface area contributed by atoms with Crippen molar-refractivity contribution in [1.82, 2.24) is 5.32 Å². The first-order valence-corrected chi connectivity index (χ1v) is 6.92. The molecule has 1 saturated carbocycles. The number of carboxylic acid groups (broad SMARTS) is 1. The minimum atomic E-state index is -0.821. The standard InChI is InChI=1S/C15H19NO5/c1-21-12-7-3-6-11(13(12)17)14(18)16-10-5-2-4-9(8-10)15(19)20/h3,6-7,9-10,17H,2,4-5,8H2,1H3,(H,16,18)(H,19,20). The third-order valence-corrected chi connectivity index (χ3v) is 3.82. The van der Waals surface area contributed by atoms with Crippen LogP contribution in [0.5, 0.6) is 11.5 Å². The van der Waals surface area contributed by atoms with E-state index in [-0.39, 0.29) is 23.1 Å². The number of nitrogens with one attached hydrogen (secondary N) is 1. The molecule has 1 aromatic rings. The van der Waals surface area contributed by atoms with Crippen molar-refractivity contribution in [2.24, 2.45) is 5.92 Å². The lowest BCUT2D eigenvalue weighted by molar-refractivity contribution is -0.143. The average molecular weight is 293 g/mol. The van der Waals surface area contributed by atoms with Gasteiger partial charge in [0.25, 0.3) is 5.91 Å². The van der Waals surface area contributed by atoms with Gasteiger partial charge in [0.1, 0.15) is 0 Å². The second-order valence-corrected chi connectivity index (χ2v) is 5.23. The van der Waals surface area contributed by atoms with Crippen LogP contribution in [0.2, 0.25) is 0 Å². The number of para-hydroxylation sites is 1. The molecular weight excluding hydrogens is 274 g/mol. The Morgan fingerprint density at radius 3 is 2.76 bits per heavy atom. The molecule has 0 aromatic heterocycles. The van der Waals surface area contributed by atoms with Gasteiger partial charge in [0.05, 0.1) is 18.6 Å². The van der Waals surface area contributed by atoms with Gasteiger partial charge in [0.15, 0.2) is 11.5 Å². The van der Waals surface area contributed by atoms with Crippen LogP contribution in [-0.2, 0) is 4.79 Å². The van der Waals surface area contributed by atoms with E-state index in [4.69, 9.17) is 9.84 Å². The largest absolute Gasteiger partial charge is 0.504 e. The second kappa shape index (κ2) is 6.47. The highest BCUT2D eigenvalue weighted by atomic mass is 16.5. The van der Waals surface area contributed by atoms with E-state index < -0.39 is 17.8 Å². The average Bonchev–Trinajstić information content (AvgIpc) is 2.47. The molecule has 1 aliphatic carbocycles. The van der Waals surface area contributed by atoms with Crippen LogP contribution in [-0.4, -0.2) is 35.2 Å². The van der Waals surface area contributed by atoms with Gasteiger partial charge < -0.3 is 20.3 Å². The summed E-state index contributed by atoms with van der Waals surface area (Å²) in [6.07, 6.45) is 2.59. The number of carboxylic acids is 1. The first-order chi connectivity index (χ1) is 10.0. The zero-order valence-electron chi connectivity index (χ0n) is 11.8. The third-order valence-electron chi connectivity index (χ3n) is 3.82. The zero-order chi connectivity index (χ0) is 15.4. The Balaban J connectivity index is 2.06. The molecule has 2 unspecified atom stereocenters. The maximum atomic E-state index is 12.2. The number of hydrogen-bond donors (Lipinski definition) is 3. The number of phenolic OH excluding ortho intramolecular Hbond substituents is 1. The number of carbonyl (C=O) groups excluding carboxylic acids is 1. The minimum Gasteiger partial charge on any atom is -0.504 e. The molecule has 0 spiro atoms. The molecule has 2 atom stereocenters. The monoisotopic (exact) mass is 293 g/mol. The van der Waals surface area contributed by atoms with Crippen molar-refractivity contribution >= 4 is 11.9 Å². The fraction of sp³-hybridized carbons (Fsp3) is 0.467. The predicted molar refractivity (Wildman–Crippen MR) is 75.5 cm³/mol. The van der Waals surface area contributed by atoms with Gasteiger partial charge >= 0.3 is 5.97 Å². The Morgan fingerprint density at radius 2 is 2.10 bits per heavy atom. The fourth-order valence-corrected chi connectivity index (χ4v) is 2.68. The molecule has 2 rings (SSSR count). The van der Waals surface area contributed by atoms with E-state index in [0.29, 0.717) is 12.8 Å². The quantitative estimate of drug-likeness (QED) is 0.786. The van der Waals surface area contributed by atoms with E-state index in [0.717, 1.165) is 12.8 Å². The summed E-state index contributed by atoms with van der Waals surface area (Å²) in [6.45, 7) is 0. The molecule has 6 heteroatoms. The van der Waals surface area contributed by atoms with Crippen LogP contribution < -0.4 is 10.1 Å². The minimum absolute atomic E-state index is 0.131. The van der Waals surface area contributed by atoms with Crippen molar-refractivity contribution in [2.75, 3.05) is 7.11 Å². The van der Waals surface area contributed by atoms with Crippen LogP contribution in [0.25, 0.3) is 0 Å². The summed E-state index contributed by atoms with van der Waals surface area (Å²) in [7, 11) is 1.41. The van der Waals surface area contributed by atoms with E-state index in [9.17, 15) is 14.7 Å². The Kier molecular flexibility index (Phi) is 4.67. The predicted octanol–water partition coefficient (Wildman–Crippen LogP) is 1.77. The van der Waals surface area contributed by atoms with Crippen LogP contribution in [0.4, 0.5) is 0 Å². The summed E-state index contributed by atoms with van der Waals surface area (Å²) >= 11 is 0. The smallest absolute Gasteiger partial charge is 0.306 e. The lowest BCUT2D eigenvalue weighted by atomic mass is 9.85. The maximum absolute atomic E-state index is 12.2. The highest BCUT2D eigenvalue weighted by molar-refractivity contribution is 5.97. The van der Waals surface area contributed by atoms with E-state index in [2.05, 4.69) is 5.32 Å². The number of methoxy groups -OCH3 is 1. The molecule has 1 aliphatic rings. The van der Waals surface area contributed by atoms with Crippen LogP contribution in [0.1, 0.15) is 36.0 Å². The number of benzene rings is 1. The zero-order valence-corrected chi connectivity index (χ0v) is 11.8. The lowest BCUT2D eigenvalue weighted by Gasteiger charge is -2.27. The molecule has 21 heavy (non-hydrogen) atoms. The van der Waals surface area contributed by atoms with E-state index in [1.54, 1.807) is 12.1 Å². The number of amides is 1. The van der Waals surface area contributed by atoms with Gasteiger partial charge in [-0.25, -0.2) is 0 Å². The van der Waals surface area contributed by atoms with Gasteiger partial charge in [0, 0.05) is 6.04 Å². The van der Waals surface area contributed by atoms with Crippen molar-refractivity contribution < 1.29 is 24.5 Å². The van der Waals surface area contributed by atoms with Crippen molar-refractivity contribution in [1.29, 1.82) is 0 Å². The van der Waals surface area contributed by atoms with Crippen molar-refractivity contribution in [3.63, 3.8) is 0 Å². The molecule has 6 nitrogen and oxygen atoms in total. The molecule has 0 heterocycles. The Bertz CT molecular complexity index is 543. The summed E-state index contributed by atoms with van der Waals surface area (Å²) in [6, 6.07) is 4.50. The summed E-state index contributed by atoms with van der Waals surface area (Å²) in [5.41, 5.74) is 0.131. The van der Waals surface area contributed by atoms with Crippen molar-refractivity contribution in [3.05, 3.63) is 23.8 Å². The molecule has 114 valence electrons. The molecule has 0 aliphatic heterocycles. The van der Waals surface area contributed by atoms with Gasteiger partial charge in [-0.3, -0.25) is 9.59 Å². The Labute approximate surface area is 122 Å². The van der Waals surface area contributed by atoms with E-state index >= 15 is 0 Å². The molecule has 1 aromatic carbocycles. The van der Waals surface area contributed by atoms with Gasteiger partial charge in [-0.2, -0.15) is 0 Å². The highest BCUT2D eigenvalue weighted by Crippen LogP contribution is 2.30. The molecule has 3 N–H and O–H groups in total. The van der Waals surface area contributed by atoms with Crippen LogP contribution >= 0.6 is 0 Å². The molecule has 1 amide bonds. The fourth-order valence-electron chi connectivity index (χ4n) is 2.68. The van der Waals surface area contributed by atoms with Gasteiger partial charge in [-0.15, -0.1) is 0 Å². The van der Waals surface area contributed by atoms with Crippen LogP contribution in [0.15, 0.2) is 18.2 Å². The highest BCUT2D eigenvalue weighted by Gasteiger charge is 2.28. The lowest BCUT2D eigenvalue weighted by Crippen LogP contribution is -2.39. The summed E-state index contributed by atoms with van der Waals surface area (Å²) in [5, 5.41) is 21.8. The second-order valence-electron chi connectivity index (χ2n) is 5.23.